The first kappa shape index (κ1) is 16.8. The Kier molecular flexibility index (Phi) is 6.22. The van der Waals surface area contributed by atoms with E-state index in [2.05, 4.69) is 47.0 Å². The zero-order valence-corrected chi connectivity index (χ0v) is 13.5. The number of aryl methyl sites for hydroxylation is 1. The summed E-state index contributed by atoms with van der Waals surface area (Å²) in [7, 11) is 0. The van der Waals surface area contributed by atoms with Crippen molar-refractivity contribution in [1.82, 2.24) is 10.6 Å². The second-order valence-electron chi connectivity index (χ2n) is 5.79. The van der Waals surface area contributed by atoms with Crippen molar-refractivity contribution < 1.29 is 4.79 Å². The van der Waals surface area contributed by atoms with Crippen molar-refractivity contribution in [1.29, 1.82) is 0 Å². The van der Waals surface area contributed by atoms with Gasteiger partial charge in [0.15, 0.2) is 0 Å². The Labute approximate surface area is 137 Å². The summed E-state index contributed by atoms with van der Waals surface area (Å²) >= 11 is 0. The minimum absolute atomic E-state index is 0. The zero-order valence-electron chi connectivity index (χ0n) is 12.7. The van der Waals surface area contributed by atoms with Crippen molar-refractivity contribution in [3.8, 4) is 0 Å². The van der Waals surface area contributed by atoms with Crippen LogP contribution in [-0.2, 0) is 11.2 Å². The number of hydrogen-bond donors (Lipinski definition) is 2. The molecule has 1 saturated heterocycles. The number of rotatable bonds is 4. The van der Waals surface area contributed by atoms with Crippen molar-refractivity contribution in [2.75, 3.05) is 13.1 Å². The standard InChI is InChI=1S/C18H22N2O.ClH/c21-18(20-17-6-3-11-19-13-17)10-8-14-7-9-15-4-1-2-5-16(15)12-14;/h1-2,4-5,7,9,12,17,19H,3,6,8,10-11,13H2,(H,20,21);1H/t17-;/m0./s1. The van der Waals surface area contributed by atoms with E-state index in [0.717, 1.165) is 32.4 Å². The highest BCUT2D eigenvalue weighted by Crippen LogP contribution is 2.16. The summed E-state index contributed by atoms with van der Waals surface area (Å²) in [5, 5.41) is 8.94. The molecule has 0 aromatic heterocycles. The predicted octanol–water partition coefficient (Wildman–Crippen LogP) is 3.06. The van der Waals surface area contributed by atoms with E-state index in [1.807, 2.05) is 6.07 Å². The van der Waals surface area contributed by atoms with Crippen LogP contribution in [0.1, 0.15) is 24.8 Å². The molecule has 0 saturated carbocycles. The molecule has 118 valence electrons. The first-order valence-corrected chi connectivity index (χ1v) is 7.79. The van der Waals surface area contributed by atoms with Crippen LogP contribution in [-0.4, -0.2) is 25.0 Å². The molecule has 0 unspecified atom stereocenters. The molecule has 4 heteroatoms. The van der Waals surface area contributed by atoms with Crippen LogP contribution in [0, 0.1) is 0 Å². The van der Waals surface area contributed by atoms with E-state index < -0.39 is 0 Å². The molecule has 2 N–H and O–H groups in total. The fourth-order valence-electron chi connectivity index (χ4n) is 2.93. The minimum atomic E-state index is 0. The normalized spacial score (nSPS) is 17.7. The number of halogens is 1. The molecule has 1 atom stereocenters. The third-order valence-corrected chi connectivity index (χ3v) is 4.12. The summed E-state index contributed by atoms with van der Waals surface area (Å²) in [5.74, 6) is 0.164. The Morgan fingerprint density at radius 1 is 1.18 bits per heavy atom. The van der Waals surface area contributed by atoms with Gasteiger partial charge in [-0.3, -0.25) is 4.79 Å². The lowest BCUT2D eigenvalue weighted by Crippen LogP contribution is -2.45. The second kappa shape index (κ2) is 8.16. The molecule has 22 heavy (non-hydrogen) atoms. The lowest BCUT2D eigenvalue weighted by Gasteiger charge is -2.23. The Bertz CT molecular complexity index is 623. The number of hydrogen-bond acceptors (Lipinski definition) is 2. The maximum absolute atomic E-state index is 12.0. The number of fused-ring (bicyclic) bond motifs is 1. The highest BCUT2D eigenvalue weighted by molar-refractivity contribution is 5.85. The van der Waals surface area contributed by atoms with Gasteiger partial charge in [0, 0.05) is 19.0 Å². The summed E-state index contributed by atoms with van der Waals surface area (Å²) < 4.78 is 0. The SMILES string of the molecule is Cl.O=C(CCc1ccc2ccccc2c1)N[C@H]1CCCNC1. The van der Waals surface area contributed by atoms with Gasteiger partial charge in [-0.25, -0.2) is 0 Å². The van der Waals surface area contributed by atoms with Crippen LogP contribution in [0.15, 0.2) is 42.5 Å². The molecule has 1 aliphatic heterocycles. The van der Waals surface area contributed by atoms with Crippen molar-refractivity contribution in [3.05, 3.63) is 48.0 Å². The van der Waals surface area contributed by atoms with Gasteiger partial charge in [0.05, 0.1) is 0 Å². The highest BCUT2D eigenvalue weighted by Gasteiger charge is 2.14. The number of carbonyl (C=O) groups excluding carboxylic acids is 1. The number of nitrogens with one attached hydrogen (secondary N) is 2. The quantitative estimate of drug-likeness (QED) is 0.909. The van der Waals surface area contributed by atoms with Gasteiger partial charge < -0.3 is 10.6 Å². The molecule has 0 radical (unpaired) electrons. The maximum atomic E-state index is 12.0. The van der Waals surface area contributed by atoms with Gasteiger partial charge in [-0.15, -0.1) is 12.4 Å². The smallest absolute Gasteiger partial charge is 0.220 e. The van der Waals surface area contributed by atoms with Gasteiger partial charge in [0.1, 0.15) is 0 Å². The third-order valence-electron chi connectivity index (χ3n) is 4.12. The van der Waals surface area contributed by atoms with Gasteiger partial charge >= 0.3 is 0 Å². The molecule has 2 aromatic carbocycles. The molecule has 1 heterocycles. The van der Waals surface area contributed by atoms with Crippen molar-refractivity contribution >= 4 is 29.1 Å². The van der Waals surface area contributed by atoms with E-state index in [9.17, 15) is 4.79 Å². The van der Waals surface area contributed by atoms with Crippen LogP contribution in [0.3, 0.4) is 0 Å². The van der Waals surface area contributed by atoms with Crippen molar-refractivity contribution in [3.63, 3.8) is 0 Å². The monoisotopic (exact) mass is 318 g/mol. The lowest BCUT2D eigenvalue weighted by atomic mass is 10.0. The van der Waals surface area contributed by atoms with Crippen LogP contribution in [0.2, 0.25) is 0 Å². The molecular weight excluding hydrogens is 296 g/mol. The van der Waals surface area contributed by atoms with Crippen molar-refractivity contribution in [2.24, 2.45) is 0 Å². The van der Waals surface area contributed by atoms with Crippen LogP contribution in [0.4, 0.5) is 0 Å². The first-order chi connectivity index (χ1) is 10.3. The van der Waals surface area contributed by atoms with E-state index in [1.54, 1.807) is 0 Å². The summed E-state index contributed by atoms with van der Waals surface area (Å²) in [6.07, 6.45) is 3.61. The molecule has 1 aliphatic rings. The van der Waals surface area contributed by atoms with Gasteiger partial charge in [-0.05, 0) is 42.1 Å². The molecule has 3 nitrogen and oxygen atoms in total. The number of piperidine rings is 1. The Balaban J connectivity index is 0.00000176. The fraction of sp³-hybridized carbons (Fsp3) is 0.389. The van der Waals surface area contributed by atoms with Crippen LogP contribution < -0.4 is 10.6 Å². The summed E-state index contributed by atoms with van der Waals surface area (Å²) in [6.45, 7) is 1.98. The summed E-state index contributed by atoms with van der Waals surface area (Å²) in [4.78, 5) is 12.0. The van der Waals surface area contributed by atoms with Gasteiger partial charge in [0.2, 0.25) is 5.91 Å². The molecule has 0 bridgehead atoms. The number of carbonyl (C=O) groups is 1. The lowest BCUT2D eigenvalue weighted by molar-refractivity contribution is -0.121. The maximum Gasteiger partial charge on any atom is 0.220 e. The van der Waals surface area contributed by atoms with E-state index in [-0.39, 0.29) is 18.3 Å². The second-order valence-corrected chi connectivity index (χ2v) is 5.79. The van der Waals surface area contributed by atoms with Gasteiger partial charge in [-0.2, -0.15) is 0 Å². The average Bonchev–Trinajstić information content (AvgIpc) is 2.54. The minimum Gasteiger partial charge on any atom is -0.352 e. The summed E-state index contributed by atoms with van der Waals surface area (Å²) in [6, 6.07) is 15.1. The Morgan fingerprint density at radius 2 is 2.00 bits per heavy atom. The average molecular weight is 319 g/mol. The molecule has 2 aromatic rings. The first-order valence-electron chi connectivity index (χ1n) is 7.79. The topological polar surface area (TPSA) is 41.1 Å². The Morgan fingerprint density at radius 3 is 2.77 bits per heavy atom. The summed E-state index contributed by atoms with van der Waals surface area (Å²) in [5.41, 5.74) is 1.23. The Hall–Kier alpha value is -1.58. The van der Waals surface area contributed by atoms with Crippen LogP contribution >= 0.6 is 12.4 Å². The fourth-order valence-corrected chi connectivity index (χ4v) is 2.93. The van der Waals surface area contributed by atoms with Gasteiger partial charge in [0.25, 0.3) is 0 Å². The molecule has 1 fully saturated rings. The van der Waals surface area contributed by atoms with Crippen molar-refractivity contribution in [2.45, 2.75) is 31.7 Å². The van der Waals surface area contributed by atoms with E-state index in [4.69, 9.17) is 0 Å². The number of amides is 1. The molecule has 1 amide bonds. The van der Waals surface area contributed by atoms with E-state index in [0.29, 0.717) is 12.5 Å². The molecule has 0 aliphatic carbocycles. The van der Waals surface area contributed by atoms with Crippen LogP contribution in [0.5, 0.6) is 0 Å². The molecule has 3 rings (SSSR count). The predicted molar refractivity (Wildman–Crippen MR) is 93.6 cm³/mol. The van der Waals surface area contributed by atoms with E-state index in [1.165, 1.54) is 16.3 Å². The van der Waals surface area contributed by atoms with Crippen LogP contribution in [0.25, 0.3) is 10.8 Å². The zero-order chi connectivity index (χ0) is 14.5. The van der Waals surface area contributed by atoms with E-state index >= 15 is 0 Å². The molecular formula is C18H23ClN2O. The largest absolute Gasteiger partial charge is 0.352 e. The molecule has 0 spiro atoms. The van der Waals surface area contributed by atoms with Gasteiger partial charge in [-0.1, -0.05) is 42.5 Å². The number of benzene rings is 2. The highest BCUT2D eigenvalue weighted by atomic mass is 35.5. The third kappa shape index (κ3) is 4.46.